The maximum Gasteiger partial charge on any atom is 0.0964 e. The van der Waals surface area contributed by atoms with E-state index < -0.39 is 0 Å². The molecule has 6 aromatic rings. The number of H-pyrrole nitrogens is 1. The van der Waals surface area contributed by atoms with Gasteiger partial charge in [-0.15, -0.1) is 11.3 Å². The van der Waals surface area contributed by atoms with E-state index in [0.29, 0.717) is 0 Å². The first-order valence-electron chi connectivity index (χ1n) is 7.86. The number of thiophene rings is 1. The van der Waals surface area contributed by atoms with Crippen molar-refractivity contribution in [2.24, 2.45) is 0 Å². The monoisotopic (exact) mass is 325 g/mol. The molecule has 0 aliphatic heterocycles. The van der Waals surface area contributed by atoms with Gasteiger partial charge in [-0.05, 0) is 24.3 Å². The minimum atomic E-state index is 1.02. The van der Waals surface area contributed by atoms with Crippen LogP contribution >= 0.6 is 11.3 Å². The Hall–Kier alpha value is -2.98. The third-order valence-electron chi connectivity index (χ3n) is 4.69. The van der Waals surface area contributed by atoms with Crippen molar-refractivity contribution in [1.82, 2.24) is 15.0 Å². The highest BCUT2D eigenvalue weighted by molar-refractivity contribution is 7.26. The van der Waals surface area contributed by atoms with Gasteiger partial charge in [0.15, 0.2) is 0 Å². The molecule has 0 saturated carbocycles. The number of aromatic nitrogens is 3. The van der Waals surface area contributed by atoms with E-state index in [-0.39, 0.29) is 0 Å². The Morgan fingerprint density at radius 3 is 2.50 bits per heavy atom. The van der Waals surface area contributed by atoms with Crippen LogP contribution < -0.4 is 0 Å². The van der Waals surface area contributed by atoms with Gasteiger partial charge in [0.1, 0.15) is 0 Å². The summed E-state index contributed by atoms with van der Waals surface area (Å²) >= 11 is 1.81. The predicted octanol–water partition coefficient (Wildman–Crippen LogP) is 5.63. The zero-order chi connectivity index (χ0) is 15.7. The largest absolute Gasteiger partial charge is 0.353 e. The van der Waals surface area contributed by atoms with Crippen molar-refractivity contribution in [3.63, 3.8) is 0 Å². The molecule has 0 radical (unpaired) electrons. The van der Waals surface area contributed by atoms with Crippen LogP contribution in [0.3, 0.4) is 0 Å². The summed E-state index contributed by atoms with van der Waals surface area (Å²) in [7, 11) is 0. The maximum atomic E-state index is 4.71. The quantitative estimate of drug-likeness (QED) is 0.393. The van der Waals surface area contributed by atoms with Gasteiger partial charge >= 0.3 is 0 Å². The van der Waals surface area contributed by atoms with Gasteiger partial charge in [0, 0.05) is 38.6 Å². The summed E-state index contributed by atoms with van der Waals surface area (Å²) in [5.74, 6) is 0. The van der Waals surface area contributed by atoms with Crippen molar-refractivity contribution >= 4 is 64.3 Å². The molecular weight excluding hydrogens is 314 g/mol. The molecule has 0 fully saturated rings. The van der Waals surface area contributed by atoms with E-state index in [1.807, 2.05) is 35.9 Å². The number of nitrogens with zero attached hydrogens (tertiary/aromatic N) is 2. The van der Waals surface area contributed by atoms with Crippen LogP contribution in [0.15, 0.2) is 60.9 Å². The van der Waals surface area contributed by atoms with E-state index in [4.69, 9.17) is 4.98 Å². The number of aromatic amines is 1. The van der Waals surface area contributed by atoms with E-state index >= 15 is 0 Å². The Morgan fingerprint density at radius 2 is 1.54 bits per heavy atom. The number of hydrogen-bond donors (Lipinski definition) is 1. The van der Waals surface area contributed by atoms with Gasteiger partial charge in [0.05, 0.1) is 26.8 Å². The summed E-state index contributed by atoms with van der Waals surface area (Å²) in [6, 6.07) is 16.8. The van der Waals surface area contributed by atoms with E-state index in [0.717, 1.165) is 27.5 Å². The molecule has 0 saturated heterocycles. The maximum absolute atomic E-state index is 4.71. The molecule has 4 heteroatoms. The normalized spacial score (nSPS) is 12.2. The first-order chi connectivity index (χ1) is 11.9. The summed E-state index contributed by atoms with van der Waals surface area (Å²) in [6.45, 7) is 0. The molecule has 0 bridgehead atoms. The average molecular weight is 325 g/mol. The summed E-state index contributed by atoms with van der Waals surface area (Å²) < 4.78 is 2.53. The van der Waals surface area contributed by atoms with Gasteiger partial charge in [-0.2, -0.15) is 0 Å². The summed E-state index contributed by atoms with van der Waals surface area (Å²) in [4.78, 5) is 13.0. The number of fused-ring (bicyclic) bond motifs is 10. The zero-order valence-corrected chi connectivity index (χ0v) is 13.4. The van der Waals surface area contributed by atoms with Crippen molar-refractivity contribution < 1.29 is 0 Å². The molecule has 6 rings (SSSR count). The number of rotatable bonds is 0. The molecule has 2 aromatic carbocycles. The Kier molecular flexibility index (Phi) is 2.23. The van der Waals surface area contributed by atoms with Crippen LogP contribution in [0, 0.1) is 0 Å². The summed E-state index contributed by atoms with van der Waals surface area (Å²) in [5.41, 5.74) is 4.31. The molecule has 0 atom stereocenters. The highest BCUT2D eigenvalue weighted by Gasteiger charge is 2.18. The second-order valence-electron chi connectivity index (χ2n) is 5.98. The third kappa shape index (κ3) is 1.42. The molecule has 0 amide bonds. The number of nitrogens with one attached hydrogen (secondary N) is 1. The molecule has 0 aliphatic carbocycles. The van der Waals surface area contributed by atoms with Crippen molar-refractivity contribution in [1.29, 1.82) is 0 Å². The van der Waals surface area contributed by atoms with Gasteiger partial charge in [-0.25, -0.2) is 0 Å². The second kappa shape index (κ2) is 4.30. The van der Waals surface area contributed by atoms with Crippen LogP contribution in [0.5, 0.6) is 0 Å². The first kappa shape index (κ1) is 12.4. The molecule has 4 aromatic heterocycles. The van der Waals surface area contributed by atoms with Crippen molar-refractivity contribution in [3.05, 3.63) is 60.9 Å². The van der Waals surface area contributed by atoms with Gasteiger partial charge < -0.3 is 4.98 Å². The lowest BCUT2D eigenvalue weighted by Crippen LogP contribution is -1.81. The smallest absolute Gasteiger partial charge is 0.0964 e. The standard InChI is InChI=1S/C20H11N3S/c1-2-8-14-11(5-1)16-19-15(18-13(23-19)7-4-10-22-18)12-6-3-9-21-17(12)20(16)24-14/h1-10,23H. The topological polar surface area (TPSA) is 41.6 Å². The molecule has 24 heavy (non-hydrogen) atoms. The minimum absolute atomic E-state index is 1.02. The molecule has 3 nitrogen and oxygen atoms in total. The highest BCUT2D eigenvalue weighted by Crippen LogP contribution is 2.44. The van der Waals surface area contributed by atoms with Crippen molar-refractivity contribution in [2.45, 2.75) is 0 Å². The molecule has 0 unspecified atom stereocenters. The number of benzene rings is 2. The number of hydrogen-bond acceptors (Lipinski definition) is 3. The fourth-order valence-electron chi connectivity index (χ4n) is 3.72. The van der Waals surface area contributed by atoms with Gasteiger partial charge in [-0.3, -0.25) is 9.97 Å². The van der Waals surface area contributed by atoms with Crippen LogP contribution in [0.4, 0.5) is 0 Å². The van der Waals surface area contributed by atoms with Crippen LogP contribution in [-0.2, 0) is 0 Å². The molecule has 1 N–H and O–H groups in total. The molecule has 112 valence electrons. The van der Waals surface area contributed by atoms with Crippen LogP contribution in [0.2, 0.25) is 0 Å². The molecule has 0 spiro atoms. The highest BCUT2D eigenvalue weighted by atomic mass is 32.1. The molecule has 0 aliphatic rings. The van der Waals surface area contributed by atoms with E-state index in [9.17, 15) is 0 Å². The van der Waals surface area contributed by atoms with E-state index in [2.05, 4.69) is 46.4 Å². The van der Waals surface area contributed by atoms with Gasteiger partial charge in [0.25, 0.3) is 0 Å². The van der Waals surface area contributed by atoms with Gasteiger partial charge in [0.2, 0.25) is 0 Å². The molecular formula is C20H11N3S. The van der Waals surface area contributed by atoms with Crippen molar-refractivity contribution in [2.75, 3.05) is 0 Å². The summed E-state index contributed by atoms with van der Waals surface area (Å²) in [5, 5.41) is 4.87. The van der Waals surface area contributed by atoms with Crippen molar-refractivity contribution in [3.8, 4) is 0 Å². The second-order valence-corrected chi connectivity index (χ2v) is 7.03. The Labute approximate surface area is 140 Å². The number of pyridine rings is 2. The fraction of sp³-hybridized carbons (Fsp3) is 0. The first-order valence-corrected chi connectivity index (χ1v) is 8.68. The Bertz CT molecular complexity index is 1410. The van der Waals surface area contributed by atoms with E-state index in [1.165, 1.54) is 25.6 Å². The Balaban J connectivity index is 2.08. The van der Waals surface area contributed by atoms with Crippen LogP contribution in [0.1, 0.15) is 0 Å². The third-order valence-corrected chi connectivity index (χ3v) is 5.87. The SMILES string of the molecule is c1cnc2c(c1)[nH]c1c2c2cccnc2c2sc3ccccc3c12. The summed E-state index contributed by atoms with van der Waals surface area (Å²) in [6.07, 6.45) is 3.73. The van der Waals surface area contributed by atoms with E-state index in [1.54, 1.807) is 0 Å². The van der Waals surface area contributed by atoms with Crippen LogP contribution in [-0.4, -0.2) is 15.0 Å². The predicted molar refractivity (Wildman–Crippen MR) is 102 cm³/mol. The lowest BCUT2D eigenvalue weighted by molar-refractivity contribution is 1.42. The minimum Gasteiger partial charge on any atom is -0.353 e. The Morgan fingerprint density at radius 1 is 0.750 bits per heavy atom. The molecule has 4 heterocycles. The van der Waals surface area contributed by atoms with Gasteiger partial charge in [-0.1, -0.05) is 24.3 Å². The fourth-order valence-corrected chi connectivity index (χ4v) is 4.94. The zero-order valence-electron chi connectivity index (χ0n) is 12.6. The average Bonchev–Trinajstić information content (AvgIpc) is 3.20. The lowest BCUT2D eigenvalue weighted by atomic mass is 10.0. The van der Waals surface area contributed by atoms with Crippen LogP contribution in [0.25, 0.3) is 53.0 Å². The lowest BCUT2D eigenvalue weighted by Gasteiger charge is -2.02.